The Morgan fingerprint density at radius 3 is 2.95 bits per heavy atom. The molecule has 1 aliphatic heterocycles. The van der Waals surface area contributed by atoms with Gasteiger partial charge in [0, 0.05) is 18.5 Å². The molecule has 5 heteroatoms. The fourth-order valence-corrected chi connectivity index (χ4v) is 2.88. The highest BCUT2D eigenvalue weighted by Crippen LogP contribution is 2.24. The number of fused-ring (bicyclic) bond motifs is 1. The Morgan fingerprint density at radius 2 is 2.18 bits per heavy atom. The minimum absolute atomic E-state index is 0.0659. The molecule has 1 fully saturated rings. The fourth-order valence-electron chi connectivity index (χ4n) is 2.88. The summed E-state index contributed by atoms with van der Waals surface area (Å²) in [7, 11) is 0. The highest BCUT2D eigenvalue weighted by molar-refractivity contribution is 5.99. The van der Waals surface area contributed by atoms with Crippen LogP contribution in [0.4, 0.5) is 0 Å². The number of hydrogen-bond donors (Lipinski definition) is 1. The highest BCUT2D eigenvalue weighted by Gasteiger charge is 2.35. The van der Waals surface area contributed by atoms with Crippen LogP contribution < -0.4 is 5.32 Å². The van der Waals surface area contributed by atoms with E-state index in [2.05, 4.69) is 5.32 Å². The largest absolute Gasteiger partial charge is 0.451 e. The normalized spacial score (nSPS) is 17.9. The molecule has 0 bridgehead atoms. The average molecular weight is 300 g/mol. The topological polar surface area (TPSA) is 62.6 Å². The van der Waals surface area contributed by atoms with Gasteiger partial charge in [-0.05, 0) is 31.4 Å². The quantitative estimate of drug-likeness (QED) is 0.944. The minimum Gasteiger partial charge on any atom is -0.451 e. The van der Waals surface area contributed by atoms with Gasteiger partial charge in [-0.1, -0.05) is 25.1 Å². The first-order chi connectivity index (χ1) is 10.7. The Bertz CT molecular complexity index is 659. The molecular weight excluding hydrogens is 280 g/mol. The molecule has 22 heavy (non-hydrogen) atoms. The molecule has 1 aliphatic rings. The number of likely N-dealkylation sites (tertiary alicyclic amines) is 1. The number of nitrogens with one attached hydrogen (secondary N) is 1. The van der Waals surface area contributed by atoms with Crippen LogP contribution in [0.3, 0.4) is 0 Å². The van der Waals surface area contributed by atoms with Gasteiger partial charge in [0.15, 0.2) is 5.76 Å². The zero-order valence-electron chi connectivity index (χ0n) is 12.7. The second kappa shape index (κ2) is 6.22. The summed E-state index contributed by atoms with van der Waals surface area (Å²) in [5.74, 6) is 0.0329. The summed E-state index contributed by atoms with van der Waals surface area (Å²) in [4.78, 5) is 26.5. The van der Waals surface area contributed by atoms with Crippen molar-refractivity contribution in [2.75, 3.05) is 13.1 Å². The molecule has 2 amide bonds. The van der Waals surface area contributed by atoms with Gasteiger partial charge in [-0.25, -0.2) is 0 Å². The molecule has 5 nitrogen and oxygen atoms in total. The summed E-state index contributed by atoms with van der Waals surface area (Å²) in [6.07, 6.45) is 2.44. The Kier molecular flexibility index (Phi) is 4.13. The van der Waals surface area contributed by atoms with Gasteiger partial charge in [-0.3, -0.25) is 9.59 Å². The van der Waals surface area contributed by atoms with Gasteiger partial charge < -0.3 is 14.6 Å². The molecule has 0 saturated carbocycles. The lowest BCUT2D eigenvalue weighted by molar-refractivity contribution is -0.124. The number of hydrogen-bond acceptors (Lipinski definition) is 3. The number of carbonyl (C=O) groups is 2. The van der Waals surface area contributed by atoms with Crippen LogP contribution in [0.15, 0.2) is 34.7 Å². The van der Waals surface area contributed by atoms with Crippen molar-refractivity contribution >= 4 is 22.8 Å². The SMILES string of the molecule is CCCNC(=O)[C@H]1CCCN1C(=O)c1cc2ccccc2o1. The molecular formula is C17H20N2O3. The van der Waals surface area contributed by atoms with Crippen molar-refractivity contribution in [3.63, 3.8) is 0 Å². The first-order valence-corrected chi connectivity index (χ1v) is 7.78. The molecule has 1 saturated heterocycles. The molecule has 1 aromatic heterocycles. The Hall–Kier alpha value is -2.30. The van der Waals surface area contributed by atoms with Crippen LogP contribution in [0.1, 0.15) is 36.7 Å². The summed E-state index contributed by atoms with van der Waals surface area (Å²) >= 11 is 0. The van der Waals surface area contributed by atoms with E-state index in [1.165, 1.54) is 0 Å². The van der Waals surface area contributed by atoms with E-state index in [1.807, 2.05) is 31.2 Å². The van der Waals surface area contributed by atoms with Crippen molar-refractivity contribution in [2.24, 2.45) is 0 Å². The maximum Gasteiger partial charge on any atom is 0.290 e. The van der Waals surface area contributed by atoms with E-state index in [1.54, 1.807) is 11.0 Å². The van der Waals surface area contributed by atoms with Gasteiger partial charge in [0.2, 0.25) is 5.91 Å². The summed E-state index contributed by atoms with van der Waals surface area (Å²) in [5, 5.41) is 3.77. The van der Waals surface area contributed by atoms with Gasteiger partial charge in [0.1, 0.15) is 11.6 Å². The number of benzene rings is 1. The van der Waals surface area contributed by atoms with Crippen LogP contribution in [0.2, 0.25) is 0 Å². The zero-order chi connectivity index (χ0) is 15.5. The van der Waals surface area contributed by atoms with E-state index in [-0.39, 0.29) is 17.9 Å². The molecule has 1 atom stereocenters. The van der Waals surface area contributed by atoms with E-state index in [0.29, 0.717) is 30.9 Å². The van der Waals surface area contributed by atoms with Crippen molar-refractivity contribution in [1.29, 1.82) is 0 Å². The van der Waals surface area contributed by atoms with Crippen molar-refractivity contribution in [3.05, 3.63) is 36.1 Å². The molecule has 1 aromatic carbocycles. The van der Waals surface area contributed by atoms with E-state index >= 15 is 0 Å². The number of furan rings is 1. The molecule has 0 aliphatic carbocycles. The molecule has 0 unspecified atom stereocenters. The molecule has 2 heterocycles. The van der Waals surface area contributed by atoms with Crippen LogP contribution in [0.5, 0.6) is 0 Å². The predicted octanol–water partition coefficient (Wildman–Crippen LogP) is 2.56. The fraction of sp³-hybridized carbons (Fsp3) is 0.412. The van der Waals surface area contributed by atoms with E-state index in [9.17, 15) is 9.59 Å². The summed E-state index contributed by atoms with van der Waals surface area (Å²) in [6, 6.07) is 8.89. The molecule has 116 valence electrons. The first-order valence-electron chi connectivity index (χ1n) is 7.78. The van der Waals surface area contributed by atoms with Crippen LogP contribution in [-0.2, 0) is 4.79 Å². The third kappa shape index (κ3) is 2.71. The summed E-state index contributed by atoms with van der Waals surface area (Å²) in [5.41, 5.74) is 0.692. The minimum atomic E-state index is -0.382. The van der Waals surface area contributed by atoms with Crippen LogP contribution in [-0.4, -0.2) is 35.8 Å². The Morgan fingerprint density at radius 1 is 1.36 bits per heavy atom. The maximum absolute atomic E-state index is 12.7. The van der Waals surface area contributed by atoms with Crippen molar-refractivity contribution in [3.8, 4) is 0 Å². The zero-order valence-corrected chi connectivity index (χ0v) is 12.7. The first kappa shape index (κ1) is 14.6. The van der Waals surface area contributed by atoms with Crippen molar-refractivity contribution in [1.82, 2.24) is 10.2 Å². The van der Waals surface area contributed by atoms with Gasteiger partial charge in [-0.15, -0.1) is 0 Å². The standard InChI is InChI=1S/C17H20N2O3/c1-2-9-18-16(20)13-7-5-10-19(13)17(21)15-11-12-6-3-4-8-14(12)22-15/h3-4,6,8,11,13H,2,5,7,9-10H2,1H3,(H,18,20)/t13-/m1/s1. The van der Waals surface area contributed by atoms with Crippen LogP contribution in [0, 0.1) is 0 Å². The monoisotopic (exact) mass is 300 g/mol. The number of carbonyl (C=O) groups excluding carboxylic acids is 2. The summed E-state index contributed by atoms with van der Waals surface area (Å²) in [6.45, 7) is 3.24. The van der Waals surface area contributed by atoms with Crippen LogP contribution >= 0.6 is 0 Å². The van der Waals surface area contributed by atoms with E-state index in [0.717, 1.165) is 18.2 Å². The second-order valence-corrected chi connectivity index (χ2v) is 5.60. The molecule has 0 spiro atoms. The lowest BCUT2D eigenvalue weighted by atomic mass is 10.2. The third-order valence-electron chi connectivity index (χ3n) is 4.00. The number of amides is 2. The lowest BCUT2D eigenvalue weighted by Gasteiger charge is -2.22. The Balaban J connectivity index is 1.79. The van der Waals surface area contributed by atoms with Crippen molar-refractivity contribution in [2.45, 2.75) is 32.2 Å². The third-order valence-corrected chi connectivity index (χ3v) is 4.00. The number of rotatable bonds is 4. The van der Waals surface area contributed by atoms with E-state index in [4.69, 9.17) is 4.42 Å². The summed E-state index contributed by atoms with van der Waals surface area (Å²) < 4.78 is 5.63. The number of nitrogens with zero attached hydrogens (tertiary/aromatic N) is 1. The van der Waals surface area contributed by atoms with Crippen molar-refractivity contribution < 1.29 is 14.0 Å². The number of para-hydroxylation sites is 1. The highest BCUT2D eigenvalue weighted by atomic mass is 16.3. The van der Waals surface area contributed by atoms with Gasteiger partial charge in [0.05, 0.1) is 0 Å². The maximum atomic E-state index is 12.7. The van der Waals surface area contributed by atoms with Gasteiger partial charge in [-0.2, -0.15) is 0 Å². The second-order valence-electron chi connectivity index (χ2n) is 5.60. The lowest BCUT2D eigenvalue weighted by Crippen LogP contribution is -2.46. The predicted molar refractivity (Wildman–Crippen MR) is 83.6 cm³/mol. The molecule has 3 rings (SSSR count). The van der Waals surface area contributed by atoms with Crippen LogP contribution in [0.25, 0.3) is 11.0 Å². The van der Waals surface area contributed by atoms with Gasteiger partial charge in [0.25, 0.3) is 5.91 Å². The smallest absolute Gasteiger partial charge is 0.290 e. The molecule has 1 N–H and O–H groups in total. The Labute approximate surface area is 129 Å². The average Bonchev–Trinajstić information content (AvgIpc) is 3.18. The van der Waals surface area contributed by atoms with E-state index < -0.39 is 0 Å². The molecule has 2 aromatic rings. The molecule has 0 radical (unpaired) electrons. The van der Waals surface area contributed by atoms with Gasteiger partial charge >= 0.3 is 0 Å².